The molecule has 0 unspecified atom stereocenters. The quantitative estimate of drug-likeness (QED) is 0.0770. The first-order valence-electron chi connectivity index (χ1n) is 19.5. The second-order valence-electron chi connectivity index (χ2n) is 15.4. The van der Waals surface area contributed by atoms with Crippen LogP contribution in [0.2, 0.25) is 0 Å². The third kappa shape index (κ3) is 10.8. The van der Waals surface area contributed by atoms with Crippen LogP contribution in [0.3, 0.4) is 0 Å². The number of rotatable bonds is 14. The molecule has 0 aromatic rings. The van der Waals surface area contributed by atoms with Gasteiger partial charge in [0.25, 0.3) is 0 Å². The Balaban J connectivity index is 1.51. The number of hydrogen-bond donors (Lipinski definition) is 16. The Hall–Kier alpha value is -1.98. The summed E-state index contributed by atoms with van der Waals surface area (Å²) in [6.45, 7) is -0.293. The highest BCUT2D eigenvalue weighted by molar-refractivity contribution is 5.73. The van der Waals surface area contributed by atoms with Crippen molar-refractivity contribution in [3.63, 3.8) is 0 Å². The first-order valence-corrected chi connectivity index (χ1v) is 19.5. The maximum atomic E-state index is 12.4. The number of aliphatic hydroxyl groups is 14. The number of amides is 2. The van der Waals surface area contributed by atoms with Gasteiger partial charge in [0, 0.05) is 13.8 Å². The highest BCUT2D eigenvalue weighted by atomic mass is 16.8. The van der Waals surface area contributed by atoms with Crippen LogP contribution in [0.25, 0.3) is 0 Å². The summed E-state index contributed by atoms with van der Waals surface area (Å²) in [6, 6.07) is -3.32. The molecule has 25 atom stereocenters. The molecule has 27 heteroatoms. The van der Waals surface area contributed by atoms with E-state index in [-0.39, 0.29) is 0 Å². The highest BCUT2D eigenvalue weighted by Gasteiger charge is 2.58. The standard InChI is InChI=1S/C34H58N2O25/c1-8-17(43)23(49)25(51)33(53-8)61-29-27(59-31-15(35-9(2)41)21(47)18(44)12(5-38)55-31)20(46)13(6-39)56-34(29)58-26-14(7-40)57-32(16(22(26)48)36-10(3)42)60-28-24(50)19(45)11(4-37)54-30(28)52/h8,11-34,37-40,43-52H,4-7H2,1-3H3,(H,35,41)(H,36,42)/t8-,11+,12+,13+,14+,15+,16+,17+,18-,19+,20-,21+,22+,23+,24-,25-,26+,27-,28-,29+,30-,31+,32-,33-,34-/m0/s1. The van der Waals surface area contributed by atoms with Crippen LogP contribution >= 0.6 is 0 Å². The van der Waals surface area contributed by atoms with Crippen LogP contribution in [0.4, 0.5) is 0 Å². The lowest BCUT2D eigenvalue weighted by molar-refractivity contribution is -0.401. The molecule has 0 radical (unpaired) electrons. The van der Waals surface area contributed by atoms with Crippen molar-refractivity contribution in [2.75, 3.05) is 26.4 Å². The summed E-state index contributed by atoms with van der Waals surface area (Å²) in [6.07, 6.45) is -41.7. The minimum Gasteiger partial charge on any atom is -0.394 e. The van der Waals surface area contributed by atoms with Gasteiger partial charge in [0.1, 0.15) is 116 Å². The van der Waals surface area contributed by atoms with Gasteiger partial charge in [-0.2, -0.15) is 0 Å². The summed E-state index contributed by atoms with van der Waals surface area (Å²) >= 11 is 0. The third-order valence-electron chi connectivity index (χ3n) is 11.1. The maximum absolute atomic E-state index is 12.4. The predicted molar refractivity (Wildman–Crippen MR) is 188 cm³/mol. The van der Waals surface area contributed by atoms with E-state index >= 15 is 0 Å². The SMILES string of the molecule is CC(=O)N[C@H]1[C@H](O[C@H]2[C@@H](O)[C@H](O)[C@@H](CO)O[C@@H]2O)O[C@H](CO)[C@@H](O[C@@H]2O[C@H](CO)[C@H](O)[C@H](O[C@H]3O[C@H](CO)[C@H](O)[C@H](O)[C@H]3NC(C)=O)[C@H]2O[C@@H]2O[C@@H](C)[C@@H](O)[C@@H](O)[C@@H]2O)[C@@H]1O. The van der Waals surface area contributed by atoms with Crippen LogP contribution in [0.1, 0.15) is 20.8 Å². The topological polar surface area (TPSA) is 424 Å². The molecule has 5 fully saturated rings. The van der Waals surface area contributed by atoms with Gasteiger partial charge in [-0.05, 0) is 6.92 Å². The number of ether oxygens (including phenoxy) is 9. The number of aliphatic hydroxyl groups excluding tert-OH is 14. The Labute approximate surface area is 346 Å². The zero-order valence-corrected chi connectivity index (χ0v) is 33.0. The van der Waals surface area contributed by atoms with Gasteiger partial charge in [0.2, 0.25) is 11.8 Å². The van der Waals surface area contributed by atoms with E-state index in [1.54, 1.807) is 0 Å². The van der Waals surface area contributed by atoms with Crippen molar-refractivity contribution in [3.8, 4) is 0 Å². The fourth-order valence-electron chi connectivity index (χ4n) is 7.74. The van der Waals surface area contributed by atoms with E-state index in [1.807, 2.05) is 0 Å². The van der Waals surface area contributed by atoms with Gasteiger partial charge in [-0.25, -0.2) is 0 Å². The molecule has 0 aromatic heterocycles. The fourth-order valence-corrected chi connectivity index (χ4v) is 7.74. The van der Waals surface area contributed by atoms with E-state index < -0.39 is 192 Å². The second-order valence-corrected chi connectivity index (χ2v) is 15.4. The maximum Gasteiger partial charge on any atom is 0.217 e. The molecule has 5 aliphatic rings. The van der Waals surface area contributed by atoms with Gasteiger partial charge in [-0.3, -0.25) is 9.59 Å². The number of carbonyl (C=O) groups is 2. The molecule has 61 heavy (non-hydrogen) atoms. The molecule has 27 nitrogen and oxygen atoms in total. The normalized spacial score (nSPS) is 49.6. The molecule has 16 N–H and O–H groups in total. The van der Waals surface area contributed by atoms with E-state index in [9.17, 15) is 81.1 Å². The van der Waals surface area contributed by atoms with Crippen molar-refractivity contribution in [1.82, 2.24) is 10.6 Å². The first-order chi connectivity index (χ1) is 28.8. The number of hydrogen-bond acceptors (Lipinski definition) is 25. The van der Waals surface area contributed by atoms with Crippen molar-refractivity contribution >= 4 is 11.8 Å². The predicted octanol–water partition coefficient (Wildman–Crippen LogP) is -10.6. The summed E-state index contributed by atoms with van der Waals surface area (Å²) in [7, 11) is 0. The summed E-state index contributed by atoms with van der Waals surface area (Å²) in [4.78, 5) is 24.6. The van der Waals surface area contributed by atoms with Crippen LogP contribution in [0.5, 0.6) is 0 Å². The lowest BCUT2D eigenvalue weighted by atomic mass is 9.94. The minimum absolute atomic E-state index is 0.756. The second kappa shape index (κ2) is 21.3. The molecule has 0 aromatic carbocycles. The largest absolute Gasteiger partial charge is 0.394 e. The summed E-state index contributed by atoms with van der Waals surface area (Å²) in [5.74, 6) is -1.56. The molecule has 2 amide bonds. The van der Waals surface area contributed by atoms with E-state index in [2.05, 4.69) is 10.6 Å². The number of carbonyl (C=O) groups excluding carboxylic acids is 2. The van der Waals surface area contributed by atoms with Crippen molar-refractivity contribution in [2.45, 2.75) is 174 Å². The van der Waals surface area contributed by atoms with Crippen LogP contribution in [-0.4, -0.2) is 263 Å². The zero-order chi connectivity index (χ0) is 45.2. The molecule has 5 rings (SSSR count). The number of nitrogens with one attached hydrogen (secondary N) is 2. The average molecular weight is 895 g/mol. The summed E-state index contributed by atoms with van der Waals surface area (Å²) in [5.41, 5.74) is 0. The van der Waals surface area contributed by atoms with Gasteiger partial charge in [0.05, 0.1) is 32.5 Å². The Kier molecular flexibility index (Phi) is 17.5. The average Bonchev–Trinajstić information content (AvgIpc) is 3.22. The van der Waals surface area contributed by atoms with Gasteiger partial charge in [-0.1, -0.05) is 0 Å². The minimum atomic E-state index is -2.04. The van der Waals surface area contributed by atoms with Crippen molar-refractivity contribution in [3.05, 3.63) is 0 Å². The molecule has 0 spiro atoms. The van der Waals surface area contributed by atoms with E-state index in [0.717, 1.165) is 13.8 Å². The highest BCUT2D eigenvalue weighted by Crippen LogP contribution is 2.37. The first kappa shape index (κ1) is 50.0. The van der Waals surface area contributed by atoms with Crippen LogP contribution < -0.4 is 10.6 Å². The Morgan fingerprint density at radius 3 is 1.43 bits per heavy atom. The van der Waals surface area contributed by atoms with Gasteiger partial charge in [0.15, 0.2) is 31.5 Å². The lowest BCUT2D eigenvalue weighted by Gasteiger charge is -2.51. The van der Waals surface area contributed by atoms with E-state index in [1.165, 1.54) is 6.92 Å². The van der Waals surface area contributed by atoms with Crippen molar-refractivity contribution < 1.29 is 124 Å². The monoisotopic (exact) mass is 894 g/mol. The molecule has 354 valence electrons. The van der Waals surface area contributed by atoms with Crippen LogP contribution in [0.15, 0.2) is 0 Å². The zero-order valence-electron chi connectivity index (χ0n) is 33.0. The van der Waals surface area contributed by atoms with Crippen molar-refractivity contribution in [2.24, 2.45) is 0 Å². The summed E-state index contributed by atoms with van der Waals surface area (Å²) in [5, 5.41) is 153. The van der Waals surface area contributed by atoms with Gasteiger partial charge >= 0.3 is 0 Å². The molecular weight excluding hydrogens is 836 g/mol. The Morgan fingerprint density at radius 1 is 0.426 bits per heavy atom. The summed E-state index contributed by atoms with van der Waals surface area (Å²) < 4.78 is 52.1. The molecule has 0 aliphatic carbocycles. The Morgan fingerprint density at radius 2 is 0.869 bits per heavy atom. The van der Waals surface area contributed by atoms with Gasteiger partial charge < -0.3 is 125 Å². The smallest absolute Gasteiger partial charge is 0.217 e. The molecule has 0 saturated carbocycles. The molecular formula is C34H58N2O25. The van der Waals surface area contributed by atoms with Crippen LogP contribution in [0, 0.1) is 0 Å². The molecule has 5 saturated heterocycles. The molecule has 0 bridgehead atoms. The lowest BCUT2D eigenvalue weighted by Crippen LogP contribution is -2.71. The van der Waals surface area contributed by atoms with E-state index in [0.29, 0.717) is 0 Å². The molecule has 5 heterocycles. The Bertz CT molecular complexity index is 1420. The fraction of sp³-hybridized carbons (Fsp3) is 0.941. The third-order valence-corrected chi connectivity index (χ3v) is 11.1. The molecule has 5 aliphatic heterocycles. The van der Waals surface area contributed by atoms with Crippen LogP contribution in [-0.2, 0) is 52.2 Å². The van der Waals surface area contributed by atoms with E-state index in [4.69, 9.17) is 42.6 Å². The van der Waals surface area contributed by atoms with Crippen molar-refractivity contribution in [1.29, 1.82) is 0 Å². The van der Waals surface area contributed by atoms with Gasteiger partial charge in [-0.15, -0.1) is 0 Å².